The molecule has 1 fully saturated rings. The van der Waals surface area contributed by atoms with E-state index >= 15 is 0 Å². The first-order valence-corrected chi connectivity index (χ1v) is 5.60. The number of piperidine rings is 1. The predicted molar refractivity (Wildman–Crippen MR) is 58.8 cm³/mol. The summed E-state index contributed by atoms with van der Waals surface area (Å²) in [5, 5.41) is 1.82. The van der Waals surface area contributed by atoms with Crippen molar-refractivity contribution in [1.82, 2.24) is 4.98 Å². The maximum atomic E-state index is 5.64. The Bertz CT molecular complexity index is 294. The Morgan fingerprint density at radius 1 is 1.57 bits per heavy atom. The number of ether oxygens (including phenoxy) is 1. The molecular formula is C9H15N3OS. The maximum Gasteiger partial charge on any atom is 0.187 e. The molecule has 0 spiro atoms. The minimum absolute atomic E-state index is 0.420. The van der Waals surface area contributed by atoms with E-state index in [4.69, 9.17) is 10.5 Å². The second-order valence-corrected chi connectivity index (χ2v) is 4.51. The van der Waals surface area contributed by atoms with E-state index < -0.39 is 0 Å². The van der Waals surface area contributed by atoms with Crippen LogP contribution in [0.25, 0.3) is 0 Å². The van der Waals surface area contributed by atoms with Gasteiger partial charge in [0, 0.05) is 20.2 Å². The van der Waals surface area contributed by atoms with Crippen LogP contribution in [0, 0.1) is 0 Å². The highest BCUT2D eigenvalue weighted by Crippen LogP contribution is 2.27. The van der Waals surface area contributed by atoms with Crippen molar-refractivity contribution in [2.45, 2.75) is 18.9 Å². The van der Waals surface area contributed by atoms with Crippen LogP contribution in [0.4, 0.5) is 10.1 Å². The summed E-state index contributed by atoms with van der Waals surface area (Å²) in [5.74, 6) is 0. The minimum Gasteiger partial charge on any atom is -0.389 e. The predicted octanol–water partition coefficient (Wildman–Crippen LogP) is 1.34. The van der Waals surface area contributed by atoms with E-state index in [0.29, 0.717) is 6.10 Å². The lowest BCUT2D eigenvalue weighted by Crippen LogP contribution is -2.36. The summed E-state index contributed by atoms with van der Waals surface area (Å²) in [6.07, 6.45) is 4.30. The average molecular weight is 213 g/mol. The summed E-state index contributed by atoms with van der Waals surface area (Å²) in [5.41, 5.74) is 5.64. The SMILES string of the molecule is COC1CCN(c2ncc(N)s2)CC1. The van der Waals surface area contributed by atoms with Crippen LogP contribution in [-0.4, -0.2) is 31.3 Å². The van der Waals surface area contributed by atoms with E-state index in [1.807, 2.05) is 0 Å². The van der Waals surface area contributed by atoms with Gasteiger partial charge in [0.25, 0.3) is 0 Å². The van der Waals surface area contributed by atoms with Gasteiger partial charge in [-0.2, -0.15) is 0 Å². The fraction of sp³-hybridized carbons (Fsp3) is 0.667. The van der Waals surface area contributed by atoms with Gasteiger partial charge in [0.1, 0.15) is 5.00 Å². The van der Waals surface area contributed by atoms with Crippen LogP contribution < -0.4 is 10.6 Å². The first-order valence-electron chi connectivity index (χ1n) is 4.78. The molecule has 2 heterocycles. The Morgan fingerprint density at radius 3 is 2.79 bits per heavy atom. The van der Waals surface area contributed by atoms with Gasteiger partial charge >= 0.3 is 0 Å². The lowest BCUT2D eigenvalue weighted by Gasteiger charge is -2.30. The smallest absolute Gasteiger partial charge is 0.187 e. The zero-order valence-electron chi connectivity index (χ0n) is 8.27. The Morgan fingerprint density at radius 2 is 2.29 bits per heavy atom. The molecule has 0 saturated carbocycles. The van der Waals surface area contributed by atoms with Crippen molar-refractivity contribution >= 4 is 21.5 Å². The first-order chi connectivity index (χ1) is 6.79. The normalized spacial score (nSPS) is 18.8. The fourth-order valence-electron chi connectivity index (χ4n) is 1.71. The minimum atomic E-state index is 0.420. The van der Waals surface area contributed by atoms with Gasteiger partial charge < -0.3 is 15.4 Å². The zero-order chi connectivity index (χ0) is 9.97. The Hall–Kier alpha value is -0.810. The van der Waals surface area contributed by atoms with Crippen molar-refractivity contribution in [2.24, 2.45) is 0 Å². The van der Waals surface area contributed by atoms with Gasteiger partial charge in [-0.3, -0.25) is 0 Å². The molecule has 2 N–H and O–H groups in total. The van der Waals surface area contributed by atoms with Gasteiger partial charge in [0.15, 0.2) is 5.13 Å². The van der Waals surface area contributed by atoms with Crippen molar-refractivity contribution in [3.63, 3.8) is 0 Å². The van der Waals surface area contributed by atoms with Crippen LogP contribution in [0.3, 0.4) is 0 Å². The summed E-state index contributed by atoms with van der Waals surface area (Å²) < 4.78 is 5.31. The fourth-order valence-corrected chi connectivity index (χ4v) is 2.44. The molecule has 2 rings (SSSR count). The third kappa shape index (κ3) is 1.99. The molecule has 0 radical (unpaired) electrons. The molecule has 78 valence electrons. The van der Waals surface area contributed by atoms with Crippen molar-refractivity contribution in [2.75, 3.05) is 30.8 Å². The van der Waals surface area contributed by atoms with E-state index in [2.05, 4.69) is 9.88 Å². The first kappa shape index (κ1) is 9.73. The van der Waals surface area contributed by atoms with Crippen molar-refractivity contribution in [3.05, 3.63) is 6.20 Å². The molecular weight excluding hydrogens is 198 g/mol. The number of methoxy groups -OCH3 is 1. The number of anilines is 2. The van der Waals surface area contributed by atoms with Crippen LogP contribution >= 0.6 is 11.3 Å². The molecule has 5 heteroatoms. The highest BCUT2D eigenvalue weighted by atomic mass is 32.1. The number of nitrogens with zero attached hydrogens (tertiary/aromatic N) is 2. The summed E-state index contributed by atoms with van der Waals surface area (Å²) in [4.78, 5) is 6.54. The third-order valence-electron chi connectivity index (χ3n) is 2.56. The molecule has 4 nitrogen and oxygen atoms in total. The average Bonchev–Trinajstić information content (AvgIpc) is 2.65. The van der Waals surface area contributed by atoms with Crippen LogP contribution in [0.15, 0.2) is 6.20 Å². The molecule has 1 saturated heterocycles. The number of aromatic nitrogens is 1. The summed E-state index contributed by atoms with van der Waals surface area (Å²) in [6, 6.07) is 0. The topological polar surface area (TPSA) is 51.4 Å². The van der Waals surface area contributed by atoms with E-state index in [1.54, 1.807) is 24.6 Å². The Kier molecular flexibility index (Phi) is 2.88. The second-order valence-electron chi connectivity index (χ2n) is 3.47. The molecule has 0 amide bonds. The van der Waals surface area contributed by atoms with Gasteiger partial charge in [-0.25, -0.2) is 4.98 Å². The van der Waals surface area contributed by atoms with Crippen LogP contribution in [0.2, 0.25) is 0 Å². The summed E-state index contributed by atoms with van der Waals surface area (Å²) in [6.45, 7) is 2.04. The van der Waals surface area contributed by atoms with Crippen LogP contribution in [0.5, 0.6) is 0 Å². The number of hydrogen-bond acceptors (Lipinski definition) is 5. The van der Waals surface area contributed by atoms with Gasteiger partial charge in [0.2, 0.25) is 0 Å². The maximum absolute atomic E-state index is 5.64. The molecule has 0 unspecified atom stereocenters. The van der Waals surface area contributed by atoms with E-state index in [-0.39, 0.29) is 0 Å². The zero-order valence-corrected chi connectivity index (χ0v) is 9.09. The standard InChI is InChI=1S/C9H15N3OS/c1-13-7-2-4-12(5-3-7)9-11-6-8(10)14-9/h6-7H,2-5,10H2,1H3. The second kappa shape index (κ2) is 4.14. The lowest BCUT2D eigenvalue weighted by atomic mass is 10.1. The molecule has 1 aromatic rings. The quantitative estimate of drug-likeness (QED) is 0.805. The van der Waals surface area contributed by atoms with Crippen molar-refractivity contribution in [3.8, 4) is 0 Å². The van der Waals surface area contributed by atoms with Gasteiger partial charge in [0.05, 0.1) is 12.3 Å². The highest BCUT2D eigenvalue weighted by molar-refractivity contribution is 7.19. The van der Waals surface area contributed by atoms with Gasteiger partial charge in [-0.15, -0.1) is 0 Å². The van der Waals surface area contributed by atoms with Gasteiger partial charge in [-0.1, -0.05) is 11.3 Å². The third-order valence-corrected chi connectivity index (χ3v) is 3.44. The Labute approximate surface area is 87.7 Å². The van der Waals surface area contributed by atoms with Crippen LogP contribution in [0.1, 0.15) is 12.8 Å². The van der Waals surface area contributed by atoms with E-state index in [0.717, 1.165) is 36.1 Å². The monoisotopic (exact) mass is 213 g/mol. The van der Waals surface area contributed by atoms with E-state index in [1.165, 1.54) is 0 Å². The number of nitrogen functional groups attached to an aromatic ring is 1. The molecule has 0 aromatic carbocycles. The molecule has 1 aliphatic rings. The molecule has 14 heavy (non-hydrogen) atoms. The van der Waals surface area contributed by atoms with Crippen molar-refractivity contribution < 1.29 is 4.74 Å². The molecule has 0 atom stereocenters. The number of rotatable bonds is 2. The molecule has 1 aliphatic heterocycles. The van der Waals surface area contributed by atoms with Crippen LogP contribution in [-0.2, 0) is 4.74 Å². The highest BCUT2D eigenvalue weighted by Gasteiger charge is 2.20. The van der Waals surface area contributed by atoms with Gasteiger partial charge in [-0.05, 0) is 12.8 Å². The molecule has 0 bridgehead atoms. The molecule has 0 aliphatic carbocycles. The molecule has 1 aromatic heterocycles. The largest absolute Gasteiger partial charge is 0.389 e. The number of thiazole rings is 1. The number of nitrogens with two attached hydrogens (primary N) is 1. The Balaban J connectivity index is 1.95. The summed E-state index contributed by atoms with van der Waals surface area (Å²) >= 11 is 1.55. The number of hydrogen-bond donors (Lipinski definition) is 1. The van der Waals surface area contributed by atoms with Crippen molar-refractivity contribution in [1.29, 1.82) is 0 Å². The lowest BCUT2D eigenvalue weighted by molar-refractivity contribution is 0.0819. The van der Waals surface area contributed by atoms with E-state index in [9.17, 15) is 0 Å². The summed E-state index contributed by atoms with van der Waals surface area (Å²) in [7, 11) is 1.78.